The lowest BCUT2D eigenvalue weighted by Gasteiger charge is -2.25. The van der Waals surface area contributed by atoms with Crippen LogP contribution in [0, 0.1) is 0 Å². The summed E-state index contributed by atoms with van der Waals surface area (Å²) in [5.41, 5.74) is 1.04. The Morgan fingerprint density at radius 2 is 1.95 bits per heavy atom. The Hall–Kier alpha value is -2.05. The monoisotopic (exact) mass is 289 g/mol. The van der Waals surface area contributed by atoms with Gasteiger partial charge in [0.05, 0.1) is 26.0 Å². The van der Waals surface area contributed by atoms with Gasteiger partial charge >= 0.3 is 0 Å². The van der Waals surface area contributed by atoms with Crippen LogP contribution in [0.3, 0.4) is 0 Å². The van der Waals surface area contributed by atoms with Crippen molar-refractivity contribution in [1.82, 2.24) is 10.2 Å². The molecule has 0 atom stereocenters. The molecule has 2 heterocycles. The standard InChI is InChI=1S/C15H19N3O3/c19-14(10-17-6-8-20-9-7-17)16-15-11-18(12-21-15)13-4-2-1-3-5-13/h1-5,11H,6-10,12H2,(H,16,19). The number of rotatable bonds is 4. The van der Waals surface area contributed by atoms with E-state index in [1.807, 2.05) is 41.4 Å². The predicted molar refractivity (Wildman–Crippen MR) is 78.4 cm³/mol. The molecule has 1 N–H and O–H groups in total. The number of benzene rings is 1. The van der Waals surface area contributed by atoms with Crippen LogP contribution in [-0.4, -0.2) is 50.4 Å². The molecule has 1 amide bonds. The highest BCUT2D eigenvalue weighted by Crippen LogP contribution is 2.19. The Morgan fingerprint density at radius 3 is 2.71 bits per heavy atom. The first-order valence-corrected chi connectivity index (χ1v) is 7.07. The Balaban J connectivity index is 1.52. The van der Waals surface area contributed by atoms with Crippen LogP contribution in [0.25, 0.3) is 0 Å². The second kappa shape index (κ2) is 6.60. The number of carbonyl (C=O) groups is 1. The molecule has 0 saturated carbocycles. The maximum absolute atomic E-state index is 12.0. The fraction of sp³-hybridized carbons (Fsp3) is 0.400. The summed E-state index contributed by atoms with van der Waals surface area (Å²) in [4.78, 5) is 16.0. The van der Waals surface area contributed by atoms with Gasteiger partial charge in [0.15, 0.2) is 6.73 Å². The molecule has 0 radical (unpaired) electrons. The topological polar surface area (TPSA) is 54.0 Å². The Kier molecular flexibility index (Phi) is 4.37. The van der Waals surface area contributed by atoms with Gasteiger partial charge in [-0.25, -0.2) is 0 Å². The highest BCUT2D eigenvalue weighted by Gasteiger charge is 2.19. The van der Waals surface area contributed by atoms with Crippen LogP contribution in [0.1, 0.15) is 0 Å². The molecule has 2 aliphatic rings. The molecule has 0 bridgehead atoms. The first-order valence-electron chi connectivity index (χ1n) is 7.07. The number of amides is 1. The predicted octanol–water partition coefficient (Wildman–Crippen LogP) is 0.728. The molecule has 0 spiro atoms. The lowest BCUT2D eigenvalue weighted by molar-refractivity contribution is -0.123. The van der Waals surface area contributed by atoms with Gasteiger partial charge in [-0.2, -0.15) is 0 Å². The molecule has 1 aromatic carbocycles. The fourth-order valence-corrected chi connectivity index (χ4v) is 2.33. The summed E-state index contributed by atoms with van der Waals surface area (Å²) in [6.45, 7) is 3.75. The van der Waals surface area contributed by atoms with Crippen molar-refractivity contribution in [3.63, 3.8) is 0 Å². The zero-order valence-corrected chi connectivity index (χ0v) is 11.8. The largest absolute Gasteiger partial charge is 0.456 e. The van der Waals surface area contributed by atoms with E-state index < -0.39 is 0 Å². The Labute approximate surface area is 123 Å². The zero-order valence-electron chi connectivity index (χ0n) is 11.8. The Morgan fingerprint density at radius 1 is 1.19 bits per heavy atom. The third-order valence-corrected chi connectivity index (χ3v) is 3.45. The number of para-hydroxylation sites is 1. The van der Waals surface area contributed by atoms with Crippen LogP contribution in [0.15, 0.2) is 42.4 Å². The molecule has 3 rings (SSSR count). The molecule has 112 valence electrons. The smallest absolute Gasteiger partial charge is 0.240 e. The van der Waals surface area contributed by atoms with Gasteiger partial charge in [-0.3, -0.25) is 15.0 Å². The molecule has 6 heteroatoms. The molecule has 0 unspecified atom stereocenters. The highest BCUT2D eigenvalue weighted by atomic mass is 16.5. The van der Waals surface area contributed by atoms with Crippen molar-refractivity contribution in [3.05, 3.63) is 42.4 Å². The lowest BCUT2D eigenvalue weighted by Crippen LogP contribution is -2.43. The average Bonchev–Trinajstić information content (AvgIpc) is 2.97. The van der Waals surface area contributed by atoms with E-state index in [4.69, 9.17) is 9.47 Å². The summed E-state index contributed by atoms with van der Waals surface area (Å²) in [6, 6.07) is 9.90. The normalized spacial score (nSPS) is 19.0. The van der Waals surface area contributed by atoms with E-state index in [1.165, 1.54) is 0 Å². The van der Waals surface area contributed by atoms with E-state index in [0.29, 0.717) is 32.4 Å². The molecule has 6 nitrogen and oxygen atoms in total. The molecular formula is C15H19N3O3. The second-order valence-corrected chi connectivity index (χ2v) is 5.01. The molecule has 1 fully saturated rings. The minimum Gasteiger partial charge on any atom is -0.456 e. The highest BCUT2D eigenvalue weighted by molar-refractivity contribution is 5.79. The van der Waals surface area contributed by atoms with Crippen molar-refractivity contribution in [2.45, 2.75) is 0 Å². The van der Waals surface area contributed by atoms with Crippen LogP contribution < -0.4 is 10.2 Å². The molecule has 21 heavy (non-hydrogen) atoms. The van der Waals surface area contributed by atoms with E-state index in [9.17, 15) is 4.79 Å². The summed E-state index contributed by atoms with van der Waals surface area (Å²) in [5, 5.41) is 2.80. The van der Waals surface area contributed by atoms with Gasteiger partial charge in [-0.1, -0.05) is 18.2 Å². The van der Waals surface area contributed by atoms with E-state index in [-0.39, 0.29) is 5.91 Å². The summed E-state index contributed by atoms with van der Waals surface area (Å²) >= 11 is 0. The van der Waals surface area contributed by atoms with Crippen molar-refractivity contribution in [3.8, 4) is 0 Å². The molecule has 1 aromatic rings. The lowest BCUT2D eigenvalue weighted by atomic mass is 10.3. The van der Waals surface area contributed by atoms with Crippen molar-refractivity contribution in [2.75, 3.05) is 44.5 Å². The summed E-state index contributed by atoms with van der Waals surface area (Å²) in [7, 11) is 0. The summed E-state index contributed by atoms with van der Waals surface area (Å²) in [6.07, 6.45) is 1.81. The van der Waals surface area contributed by atoms with Gasteiger partial charge in [0.2, 0.25) is 11.8 Å². The first-order chi connectivity index (χ1) is 10.3. The second-order valence-electron chi connectivity index (χ2n) is 5.01. The fourth-order valence-electron chi connectivity index (χ4n) is 2.33. The van der Waals surface area contributed by atoms with Gasteiger partial charge < -0.3 is 14.4 Å². The number of anilines is 1. The number of carbonyl (C=O) groups excluding carboxylic acids is 1. The van der Waals surface area contributed by atoms with E-state index in [0.717, 1.165) is 18.8 Å². The number of ether oxygens (including phenoxy) is 2. The third kappa shape index (κ3) is 3.74. The van der Waals surface area contributed by atoms with Crippen molar-refractivity contribution in [2.24, 2.45) is 0 Å². The van der Waals surface area contributed by atoms with Crippen LogP contribution >= 0.6 is 0 Å². The SMILES string of the molecule is O=C(CN1CCOCC1)NC1=CN(c2ccccc2)CO1. The van der Waals surface area contributed by atoms with Gasteiger partial charge in [0.25, 0.3) is 0 Å². The zero-order chi connectivity index (χ0) is 14.5. The first kappa shape index (κ1) is 13.9. The van der Waals surface area contributed by atoms with Crippen LogP contribution in [-0.2, 0) is 14.3 Å². The Bertz CT molecular complexity index is 512. The number of nitrogens with zero attached hydrogens (tertiary/aromatic N) is 2. The minimum absolute atomic E-state index is 0.0574. The van der Waals surface area contributed by atoms with E-state index in [1.54, 1.807) is 0 Å². The van der Waals surface area contributed by atoms with Crippen molar-refractivity contribution < 1.29 is 14.3 Å². The van der Waals surface area contributed by atoms with E-state index >= 15 is 0 Å². The third-order valence-electron chi connectivity index (χ3n) is 3.45. The maximum Gasteiger partial charge on any atom is 0.240 e. The van der Waals surface area contributed by atoms with Crippen LogP contribution in [0.2, 0.25) is 0 Å². The van der Waals surface area contributed by atoms with Gasteiger partial charge in [0, 0.05) is 18.8 Å². The number of hydrogen-bond acceptors (Lipinski definition) is 5. The maximum atomic E-state index is 12.0. The number of morpholine rings is 1. The average molecular weight is 289 g/mol. The van der Waals surface area contributed by atoms with Gasteiger partial charge in [-0.15, -0.1) is 0 Å². The van der Waals surface area contributed by atoms with Gasteiger partial charge in [-0.05, 0) is 12.1 Å². The number of hydrogen-bond donors (Lipinski definition) is 1. The van der Waals surface area contributed by atoms with Gasteiger partial charge in [0.1, 0.15) is 0 Å². The van der Waals surface area contributed by atoms with Crippen LogP contribution in [0.5, 0.6) is 0 Å². The summed E-state index contributed by atoms with van der Waals surface area (Å²) in [5.74, 6) is 0.440. The van der Waals surface area contributed by atoms with Crippen LogP contribution in [0.4, 0.5) is 5.69 Å². The number of nitrogens with one attached hydrogen (secondary N) is 1. The quantitative estimate of drug-likeness (QED) is 0.885. The molecule has 2 aliphatic heterocycles. The minimum atomic E-state index is -0.0574. The van der Waals surface area contributed by atoms with E-state index in [2.05, 4.69) is 10.2 Å². The van der Waals surface area contributed by atoms with Crippen molar-refractivity contribution in [1.29, 1.82) is 0 Å². The molecule has 1 saturated heterocycles. The summed E-state index contributed by atoms with van der Waals surface area (Å²) < 4.78 is 10.8. The molecule has 0 aliphatic carbocycles. The van der Waals surface area contributed by atoms with Crippen molar-refractivity contribution >= 4 is 11.6 Å². The molecular weight excluding hydrogens is 270 g/mol. The molecule has 0 aromatic heterocycles.